The highest BCUT2D eigenvalue weighted by Crippen LogP contribution is 2.22. The molecule has 5 heteroatoms. The summed E-state index contributed by atoms with van der Waals surface area (Å²) in [6.45, 7) is 2.07. The first-order chi connectivity index (χ1) is 8.58. The quantitative estimate of drug-likeness (QED) is 0.833. The Balaban J connectivity index is 2.08. The summed E-state index contributed by atoms with van der Waals surface area (Å²) in [5.41, 5.74) is 7.50. The molecule has 98 valence electrons. The van der Waals surface area contributed by atoms with E-state index in [2.05, 4.69) is 17.3 Å². The van der Waals surface area contributed by atoms with Gasteiger partial charge in [-0.2, -0.15) is 0 Å². The van der Waals surface area contributed by atoms with Gasteiger partial charge < -0.3 is 16.0 Å². The number of nitrogens with one attached hydrogen (secondary N) is 1. The zero-order chi connectivity index (χ0) is 13.1. The van der Waals surface area contributed by atoms with Crippen molar-refractivity contribution in [2.75, 3.05) is 25.5 Å². The fourth-order valence-corrected chi connectivity index (χ4v) is 2.69. The molecule has 0 saturated carbocycles. The van der Waals surface area contributed by atoms with Crippen LogP contribution in [0, 0.1) is 0 Å². The fraction of sp³-hybridized carbons (Fsp3) is 0.462. The molecule has 3 N–H and O–H groups in total. The number of nitrogens with two attached hydrogens (primary N) is 1. The first-order valence-corrected chi connectivity index (χ1v) is 6.90. The molecule has 1 unspecified atom stereocenters. The number of hydrogen-bond acceptors (Lipinski definition) is 3. The van der Waals surface area contributed by atoms with Crippen LogP contribution < -0.4 is 11.1 Å². The van der Waals surface area contributed by atoms with E-state index in [1.54, 1.807) is 0 Å². The van der Waals surface area contributed by atoms with Crippen molar-refractivity contribution in [3.8, 4) is 0 Å². The number of rotatable bonds is 4. The van der Waals surface area contributed by atoms with Gasteiger partial charge in [0.2, 0.25) is 0 Å². The van der Waals surface area contributed by atoms with E-state index in [0.29, 0.717) is 16.1 Å². The van der Waals surface area contributed by atoms with Crippen LogP contribution in [0.5, 0.6) is 0 Å². The maximum atomic E-state index is 6.01. The second kappa shape index (κ2) is 5.87. The van der Waals surface area contributed by atoms with Gasteiger partial charge in [-0.15, -0.1) is 0 Å². The van der Waals surface area contributed by atoms with Crippen LogP contribution in [0.4, 0.5) is 5.69 Å². The van der Waals surface area contributed by atoms with E-state index < -0.39 is 0 Å². The number of thiocarbonyl (C=S) groups is 1. The molecule has 3 nitrogen and oxygen atoms in total. The topological polar surface area (TPSA) is 41.3 Å². The lowest BCUT2D eigenvalue weighted by atomic mass is 10.1. The number of benzene rings is 1. The molecule has 18 heavy (non-hydrogen) atoms. The minimum Gasteiger partial charge on any atom is -0.389 e. The lowest BCUT2D eigenvalue weighted by Gasteiger charge is -2.21. The molecule has 1 atom stereocenters. The van der Waals surface area contributed by atoms with Crippen LogP contribution in [0.15, 0.2) is 18.2 Å². The third-order valence-corrected chi connectivity index (χ3v) is 3.90. The zero-order valence-electron chi connectivity index (χ0n) is 10.4. The predicted molar refractivity (Wildman–Crippen MR) is 81.5 cm³/mol. The van der Waals surface area contributed by atoms with Crippen LogP contribution in [0.2, 0.25) is 5.02 Å². The SMILES string of the molecule is CN1CCCC1CNc1cc(Cl)ccc1C(N)=S. The van der Waals surface area contributed by atoms with E-state index in [-0.39, 0.29) is 0 Å². The van der Waals surface area contributed by atoms with Crippen molar-refractivity contribution in [1.29, 1.82) is 0 Å². The Morgan fingerprint density at radius 1 is 1.61 bits per heavy atom. The number of halogens is 1. The number of likely N-dealkylation sites (N-methyl/N-ethyl adjacent to an activating group) is 1. The normalized spacial score (nSPS) is 20.0. The van der Waals surface area contributed by atoms with E-state index in [1.807, 2.05) is 18.2 Å². The van der Waals surface area contributed by atoms with Gasteiger partial charge in [-0.25, -0.2) is 0 Å². The molecule has 1 fully saturated rings. The van der Waals surface area contributed by atoms with Crippen molar-refractivity contribution in [2.24, 2.45) is 5.73 Å². The highest BCUT2D eigenvalue weighted by Gasteiger charge is 2.20. The predicted octanol–water partition coefficient (Wildman–Crippen LogP) is 2.48. The summed E-state index contributed by atoms with van der Waals surface area (Å²) < 4.78 is 0. The van der Waals surface area contributed by atoms with Crippen LogP contribution in [0.3, 0.4) is 0 Å². The molecular weight excluding hydrogens is 266 g/mol. The number of anilines is 1. The number of likely N-dealkylation sites (tertiary alicyclic amines) is 1. The second-order valence-electron chi connectivity index (χ2n) is 4.71. The zero-order valence-corrected chi connectivity index (χ0v) is 12.0. The summed E-state index contributed by atoms with van der Waals surface area (Å²) in [5, 5.41) is 4.11. The molecule has 2 rings (SSSR count). The van der Waals surface area contributed by atoms with E-state index in [9.17, 15) is 0 Å². The Bertz CT molecular complexity index is 450. The van der Waals surface area contributed by atoms with Gasteiger partial charge in [-0.1, -0.05) is 23.8 Å². The third kappa shape index (κ3) is 3.13. The second-order valence-corrected chi connectivity index (χ2v) is 5.59. The molecule has 1 saturated heterocycles. The minimum atomic E-state index is 0.397. The average Bonchev–Trinajstić information content (AvgIpc) is 2.72. The molecule has 0 amide bonds. The van der Waals surface area contributed by atoms with Crippen LogP contribution >= 0.6 is 23.8 Å². The maximum Gasteiger partial charge on any atom is 0.106 e. The number of hydrogen-bond donors (Lipinski definition) is 2. The van der Waals surface area contributed by atoms with Crippen LogP contribution in [-0.4, -0.2) is 36.1 Å². The van der Waals surface area contributed by atoms with Gasteiger partial charge >= 0.3 is 0 Å². The van der Waals surface area contributed by atoms with Crippen LogP contribution in [-0.2, 0) is 0 Å². The van der Waals surface area contributed by atoms with Gasteiger partial charge in [0.05, 0.1) is 0 Å². The molecule has 0 bridgehead atoms. The molecule has 0 radical (unpaired) electrons. The van der Waals surface area contributed by atoms with E-state index in [0.717, 1.165) is 17.8 Å². The number of nitrogens with zero attached hydrogens (tertiary/aromatic N) is 1. The first kappa shape index (κ1) is 13.6. The summed E-state index contributed by atoms with van der Waals surface area (Å²) in [7, 11) is 2.16. The summed E-state index contributed by atoms with van der Waals surface area (Å²) in [5.74, 6) is 0. The van der Waals surface area contributed by atoms with Gasteiger partial charge in [0.1, 0.15) is 4.99 Å². The lowest BCUT2D eigenvalue weighted by Crippen LogP contribution is -2.32. The van der Waals surface area contributed by atoms with Crippen molar-refractivity contribution >= 4 is 34.5 Å². The lowest BCUT2D eigenvalue weighted by molar-refractivity contribution is 0.322. The van der Waals surface area contributed by atoms with Crippen molar-refractivity contribution in [1.82, 2.24) is 4.90 Å². The average molecular weight is 284 g/mol. The smallest absolute Gasteiger partial charge is 0.106 e. The van der Waals surface area contributed by atoms with Crippen LogP contribution in [0.25, 0.3) is 0 Å². The van der Waals surface area contributed by atoms with Crippen LogP contribution in [0.1, 0.15) is 18.4 Å². The monoisotopic (exact) mass is 283 g/mol. The molecule has 1 aromatic carbocycles. The van der Waals surface area contributed by atoms with Gasteiger partial charge in [0, 0.05) is 28.9 Å². The highest BCUT2D eigenvalue weighted by atomic mass is 35.5. The Morgan fingerprint density at radius 2 is 2.39 bits per heavy atom. The van der Waals surface area contributed by atoms with Crippen molar-refractivity contribution in [3.63, 3.8) is 0 Å². The van der Waals surface area contributed by atoms with Crippen molar-refractivity contribution in [2.45, 2.75) is 18.9 Å². The minimum absolute atomic E-state index is 0.397. The molecule has 0 spiro atoms. The standard InChI is InChI=1S/C13H18ClN3S/c1-17-6-2-3-10(17)8-16-12-7-9(14)4-5-11(12)13(15)18/h4-5,7,10,16H,2-3,6,8H2,1H3,(H2,15,18). The largest absolute Gasteiger partial charge is 0.389 e. The van der Waals surface area contributed by atoms with Gasteiger partial charge in [0.25, 0.3) is 0 Å². The Kier molecular flexibility index (Phi) is 4.43. The molecule has 0 aromatic heterocycles. The van der Waals surface area contributed by atoms with Gasteiger partial charge in [-0.05, 0) is 44.6 Å². The van der Waals surface area contributed by atoms with E-state index in [1.165, 1.54) is 19.4 Å². The van der Waals surface area contributed by atoms with Gasteiger partial charge in [-0.3, -0.25) is 0 Å². The maximum absolute atomic E-state index is 6.01. The Hall–Kier alpha value is -0.840. The summed E-state index contributed by atoms with van der Waals surface area (Å²) >= 11 is 11.1. The summed E-state index contributed by atoms with van der Waals surface area (Å²) in [6.07, 6.45) is 2.49. The molecular formula is C13H18ClN3S. The Morgan fingerprint density at radius 3 is 3.00 bits per heavy atom. The molecule has 1 aliphatic heterocycles. The fourth-order valence-electron chi connectivity index (χ4n) is 2.34. The first-order valence-electron chi connectivity index (χ1n) is 6.11. The molecule has 1 aliphatic rings. The van der Waals surface area contributed by atoms with Crippen molar-refractivity contribution < 1.29 is 0 Å². The van der Waals surface area contributed by atoms with E-state index in [4.69, 9.17) is 29.6 Å². The summed E-state index contributed by atoms with van der Waals surface area (Å²) in [6, 6.07) is 6.13. The molecule has 0 aliphatic carbocycles. The van der Waals surface area contributed by atoms with Crippen molar-refractivity contribution in [3.05, 3.63) is 28.8 Å². The summed E-state index contributed by atoms with van der Waals surface area (Å²) in [4.78, 5) is 2.77. The molecule has 1 heterocycles. The van der Waals surface area contributed by atoms with E-state index >= 15 is 0 Å². The highest BCUT2D eigenvalue weighted by molar-refractivity contribution is 7.80. The Labute approximate surface area is 118 Å². The van der Waals surface area contributed by atoms with Gasteiger partial charge in [0.15, 0.2) is 0 Å². The molecule has 1 aromatic rings. The third-order valence-electron chi connectivity index (χ3n) is 3.45.